The number of aryl methyl sites for hydroxylation is 2. The van der Waals surface area contributed by atoms with Crippen LogP contribution in [-0.2, 0) is 0 Å². The summed E-state index contributed by atoms with van der Waals surface area (Å²) < 4.78 is 5.65. The summed E-state index contributed by atoms with van der Waals surface area (Å²) in [4.78, 5) is 12.6. The van der Waals surface area contributed by atoms with Crippen LogP contribution in [0.2, 0.25) is 0 Å². The van der Waals surface area contributed by atoms with Crippen LogP contribution in [0.15, 0.2) is 36.4 Å². The molecule has 0 saturated carbocycles. The summed E-state index contributed by atoms with van der Waals surface area (Å²) in [5.74, 6) is 1.77. The third kappa shape index (κ3) is 2.54. The van der Waals surface area contributed by atoms with Gasteiger partial charge in [0.15, 0.2) is 0 Å². The van der Waals surface area contributed by atoms with Crippen LogP contribution < -0.4 is 10.1 Å². The Morgan fingerprint density at radius 1 is 1.09 bits per heavy atom. The molecule has 0 unspecified atom stereocenters. The second-order valence-corrected chi connectivity index (χ2v) is 5.70. The quantitative estimate of drug-likeness (QED) is 0.760. The maximum absolute atomic E-state index is 5.65. The molecule has 0 aliphatic carbocycles. The Kier molecular flexibility index (Phi) is 3.26. The highest BCUT2D eigenvalue weighted by molar-refractivity contribution is 5.80. The average Bonchev–Trinajstić information content (AvgIpc) is 2.96. The number of benzene rings is 1. The molecule has 5 nitrogen and oxygen atoms in total. The highest BCUT2D eigenvalue weighted by Crippen LogP contribution is 2.35. The number of nitrogens with one attached hydrogen (secondary N) is 2. The number of pyridine rings is 1. The smallest absolute Gasteiger partial charge is 0.142 e. The lowest BCUT2D eigenvalue weighted by molar-refractivity contribution is 0.323. The molecular weight excluding hydrogens is 288 g/mol. The first kappa shape index (κ1) is 13.8. The van der Waals surface area contributed by atoms with Gasteiger partial charge in [-0.15, -0.1) is 0 Å². The van der Waals surface area contributed by atoms with Crippen LogP contribution in [-0.4, -0.2) is 28.1 Å². The first-order chi connectivity index (χ1) is 11.2. The molecule has 0 spiro atoms. The Labute approximate surface area is 134 Å². The number of H-pyrrole nitrogens is 1. The Hall–Kier alpha value is -2.82. The zero-order chi connectivity index (χ0) is 15.8. The van der Waals surface area contributed by atoms with Gasteiger partial charge in [-0.2, -0.15) is 0 Å². The molecule has 5 heteroatoms. The van der Waals surface area contributed by atoms with Crippen LogP contribution in [0.25, 0.3) is 22.6 Å². The number of hydrogen-bond donors (Lipinski definition) is 2. The van der Waals surface area contributed by atoms with Gasteiger partial charge < -0.3 is 15.0 Å². The predicted molar refractivity (Wildman–Crippen MR) is 90.7 cm³/mol. The van der Waals surface area contributed by atoms with Gasteiger partial charge in [0.05, 0.1) is 22.8 Å². The second-order valence-electron chi connectivity index (χ2n) is 5.70. The van der Waals surface area contributed by atoms with Crippen molar-refractivity contribution in [1.82, 2.24) is 15.0 Å². The van der Waals surface area contributed by atoms with Gasteiger partial charge in [-0.3, -0.25) is 4.98 Å². The number of hydrogen-bond acceptors (Lipinski definition) is 4. The fourth-order valence-electron chi connectivity index (χ4n) is 2.86. The molecule has 1 aliphatic heterocycles. The Balaban J connectivity index is 1.83. The van der Waals surface area contributed by atoms with Crippen LogP contribution in [0.1, 0.15) is 11.5 Å². The maximum atomic E-state index is 5.65. The number of nitrogens with zero attached hydrogens (tertiary/aromatic N) is 2. The summed E-state index contributed by atoms with van der Waals surface area (Å²) in [5, 5.41) is 3.37. The van der Waals surface area contributed by atoms with Crippen molar-refractivity contribution in [2.45, 2.75) is 13.8 Å². The molecule has 0 atom stereocenters. The van der Waals surface area contributed by atoms with E-state index in [1.54, 1.807) is 0 Å². The lowest BCUT2D eigenvalue weighted by atomic mass is 10.1. The molecule has 0 fully saturated rings. The maximum Gasteiger partial charge on any atom is 0.142 e. The molecular formula is C18H18N4O. The third-order valence-electron chi connectivity index (χ3n) is 3.89. The molecule has 3 heterocycles. The van der Waals surface area contributed by atoms with Crippen LogP contribution in [0.3, 0.4) is 0 Å². The molecule has 0 radical (unpaired) electrons. The van der Waals surface area contributed by atoms with Crippen molar-refractivity contribution in [3.05, 3.63) is 47.9 Å². The molecule has 116 valence electrons. The van der Waals surface area contributed by atoms with Gasteiger partial charge in [0.1, 0.15) is 18.2 Å². The zero-order valence-corrected chi connectivity index (χ0v) is 13.2. The van der Waals surface area contributed by atoms with Crippen molar-refractivity contribution in [2.24, 2.45) is 0 Å². The van der Waals surface area contributed by atoms with E-state index < -0.39 is 0 Å². The summed E-state index contributed by atoms with van der Waals surface area (Å²) in [5.41, 5.74) is 5.81. The highest BCUT2D eigenvalue weighted by Gasteiger charge is 2.17. The van der Waals surface area contributed by atoms with E-state index >= 15 is 0 Å². The van der Waals surface area contributed by atoms with Gasteiger partial charge in [0, 0.05) is 17.8 Å². The van der Waals surface area contributed by atoms with E-state index in [0.29, 0.717) is 6.61 Å². The topological polar surface area (TPSA) is 62.8 Å². The van der Waals surface area contributed by atoms with Crippen molar-refractivity contribution in [2.75, 3.05) is 18.5 Å². The molecule has 2 N–H and O–H groups in total. The Morgan fingerprint density at radius 3 is 2.87 bits per heavy atom. The van der Waals surface area contributed by atoms with Gasteiger partial charge in [-0.1, -0.05) is 6.07 Å². The first-order valence-corrected chi connectivity index (χ1v) is 7.72. The molecule has 0 saturated heterocycles. The largest absolute Gasteiger partial charge is 0.490 e. The minimum absolute atomic E-state index is 0.701. The second kappa shape index (κ2) is 5.43. The Bertz CT molecular complexity index is 869. The SMILES string of the molecule is Cc1cccc(-c2[nH]c(C)nc2-c2ccc3c(c2)NCCO3)n1. The van der Waals surface area contributed by atoms with Gasteiger partial charge >= 0.3 is 0 Å². The highest BCUT2D eigenvalue weighted by atomic mass is 16.5. The number of aromatic nitrogens is 3. The summed E-state index contributed by atoms with van der Waals surface area (Å²) in [7, 11) is 0. The minimum atomic E-state index is 0.701. The van der Waals surface area contributed by atoms with E-state index in [0.717, 1.165) is 52.1 Å². The van der Waals surface area contributed by atoms with Gasteiger partial charge in [0.25, 0.3) is 0 Å². The van der Waals surface area contributed by atoms with Crippen molar-refractivity contribution >= 4 is 5.69 Å². The van der Waals surface area contributed by atoms with Crippen molar-refractivity contribution in [1.29, 1.82) is 0 Å². The number of fused-ring (bicyclic) bond motifs is 1. The zero-order valence-electron chi connectivity index (χ0n) is 13.2. The first-order valence-electron chi connectivity index (χ1n) is 7.72. The van der Waals surface area contributed by atoms with E-state index in [-0.39, 0.29) is 0 Å². The summed E-state index contributed by atoms with van der Waals surface area (Å²) >= 11 is 0. The van der Waals surface area contributed by atoms with Crippen LogP contribution in [0.4, 0.5) is 5.69 Å². The van der Waals surface area contributed by atoms with Gasteiger partial charge in [-0.05, 0) is 44.2 Å². The molecule has 4 rings (SSSR count). The fourth-order valence-corrected chi connectivity index (χ4v) is 2.86. The summed E-state index contributed by atoms with van der Waals surface area (Å²) in [6.45, 7) is 5.48. The van der Waals surface area contributed by atoms with Crippen molar-refractivity contribution in [3.8, 4) is 28.4 Å². The standard InChI is InChI=1S/C18H18N4O/c1-11-4-3-5-14(20-11)18-17(21-12(2)22-18)13-6-7-16-15(10-13)19-8-9-23-16/h3-7,10,19H,8-9H2,1-2H3,(H,21,22). The average molecular weight is 306 g/mol. The lowest BCUT2D eigenvalue weighted by Gasteiger charge is -2.19. The van der Waals surface area contributed by atoms with E-state index in [1.165, 1.54) is 0 Å². The van der Waals surface area contributed by atoms with Crippen molar-refractivity contribution in [3.63, 3.8) is 0 Å². The van der Waals surface area contributed by atoms with E-state index in [4.69, 9.17) is 4.74 Å². The monoisotopic (exact) mass is 306 g/mol. The molecule has 0 amide bonds. The number of imidazole rings is 1. The van der Waals surface area contributed by atoms with Crippen LogP contribution in [0, 0.1) is 13.8 Å². The summed E-state index contributed by atoms with van der Waals surface area (Å²) in [6.07, 6.45) is 0. The predicted octanol–water partition coefficient (Wildman–Crippen LogP) is 3.56. The van der Waals surface area contributed by atoms with E-state index in [2.05, 4.69) is 26.3 Å². The molecule has 0 bridgehead atoms. The molecule has 3 aromatic rings. The van der Waals surface area contributed by atoms with Crippen LogP contribution in [0.5, 0.6) is 5.75 Å². The third-order valence-corrected chi connectivity index (χ3v) is 3.89. The van der Waals surface area contributed by atoms with Gasteiger partial charge in [-0.25, -0.2) is 4.98 Å². The minimum Gasteiger partial charge on any atom is -0.490 e. The number of anilines is 1. The Morgan fingerprint density at radius 2 is 2.00 bits per heavy atom. The number of ether oxygens (including phenoxy) is 1. The lowest BCUT2D eigenvalue weighted by Crippen LogP contribution is -2.17. The number of rotatable bonds is 2. The number of aromatic amines is 1. The molecule has 23 heavy (non-hydrogen) atoms. The van der Waals surface area contributed by atoms with E-state index in [9.17, 15) is 0 Å². The summed E-state index contributed by atoms with van der Waals surface area (Å²) in [6, 6.07) is 12.1. The van der Waals surface area contributed by atoms with E-state index in [1.807, 2.05) is 44.2 Å². The molecule has 2 aromatic heterocycles. The van der Waals surface area contributed by atoms with Crippen LogP contribution >= 0.6 is 0 Å². The van der Waals surface area contributed by atoms with Gasteiger partial charge in [0.2, 0.25) is 0 Å². The normalized spacial score (nSPS) is 13.1. The molecule has 1 aliphatic rings. The molecule has 1 aromatic carbocycles. The van der Waals surface area contributed by atoms with Crippen molar-refractivity contribution < 1.29 is 4.74 Å². The fraction of sp³-hybridized carbons (Fsp3) is 0.222.